The molecule has 0 aliphatic heterocycles. The Kier molecular flexibility index (Phi) is 5.68. The summed E-state index contributed by atoms with van der Waals surface area (Å²) in [6.07, 6.45) is 1.79. The third-order valence-electron chi connectivity index (χ3n) is 3.87. The van der Waals surface area contributed by atoms with E-state index in [2.05, 4.69) is 37.7 Å². The van der Waals surface area contributed by atoms with E-state index in [-0.39, 0.29) is 5.82 Å². The predicted molar refractivity (Wildman–Crippen MR) is 111 cm³/mol. The summed E-state index contributed by atoms with van der Waals surface area (Å²) in [5.74, 6) is 0.323. The third kappa shape index (κ3) is 4.47. The zero-order valence-corrected chi connectivity index (χ0v) is 16.8. The molecule has 1 heterocycles. The molecule has 2 aromatic carbocycles. The van der Waals surface area contributed by atoms with Crippen molar-refractivity contribution >= 4 is 44.8 Å². The molecule has 0 atom stereocenters. The number of nitrogens with one attached hydrogen (secondary N) is 2. The molecule has 26 heavy (non-hydrogen) atoms. The van der Waals surface area contributed by atoms with Crippen LogP contribution in [0.3, 0.4) is 0 Å². The minimum Gasteiger partial charge on any atom is -0.332 e. The minimum absolute atomic E-state index is 0.249. The first-order valence-corrected chi connectivity index (χ1v) is 9.24. The van der Waals surface area contributed by atoms with Gasteiger partial charge in [0.25, 0.3) is 0 Å². The van der Waals surface area contributed by atoms with E-state index < -0.39 is 0 Å². The van der Waals surface area contributed by atoms with Gasteiger partial charge in [-0.2, -0.15) is 5.10 Å². The molecule has 0 bridgehead atoms. The summed E-state index contributed by atoms with van der Waals surface area (Å²) in [4.78, 5) is 0. The van der Waals surface area contributed by atoms with E-state index in [0.29, 0.717) is 23.0 Å². The zero-order valence-electron chi connectivity index (χ0n) is 14.4. The maximum atomic E-state index is 13.8. The van der Waals surface area contributed by atoms with Crippen molar-refractivity contribution in [1.82, 2.24) is 9.78 Å². The first-order valence-electron chi connectivity index (χ1n) is 8.04. The van der Waals surface area contributed by atoms with Crippen molar-refractivity contribution in [3.8, 4) is 0 Å². The first kappa shape index (κ1) is 18.5. The molecule has 1 aromatic heterocycles. The Balaban J connectivity index is 1.69. The van der Waals surface area contributed by atoms with Crippen LogP contribution in [0, 0.1) is 19.7 Å². The van der Waals surface area contributed by atoms with Crippen LogP contribution in [-0.4, -0.2) is 14.9 Å². The fraction of sp³-hybridized carbons (Fsp3) is 0.158. The van der Waals surface area contributed by atoms with Crippen LogP contribution in [0.25, 0.3) is 0 Å². The number of nitrogens with zero attached hydrogens (tertiary/aromatic N) is 2. The Labute approximate surface area is 165 Å². The van der Waals surface area contributed by atoms with Gasteiger partial charge in [-0.05, 0) is 59.7 Å². The molecule has 0 unspecified atom stereocenters. The Morgan fingerprint density at radius 2 is 1.96 bits per heavy atom. The number of aromatic nitrogens is 2. The van der Waals surface area contributed by atoms with Crippen molar-refractivity contribution in [2.45, 2.75) is 20.4 Å². The summed E-state index contributed by atoms with van der Waals surface area (Å²) in [7, 11) is 0. The zero-order chi connectivity index (χ0) is 18.7. The number of thiocarbonyl (C=S) groups is 1. The van der Waals surface area contributed by atoms with Crippen LogP contribution in [0.2, 0.25) is 0 Å². The predicted octanol–water partition coefficient (Wildman–Crippen LogP) is 5.26. The van der Waals surface area contributed by atoms with Gasteiger partial charge < -0.3 is 10.6 Å². The first-order chi connectivity index (χ1) is 12.4. The molecule has 0 spiro atoms. The second-order valence-electron chi connectivity index (χ2n) is 6.01. The van der Waals surface area contributed by atoms with E-state index in [1.54, 1.807) is 29.1 Å². The molecule has 0 saturated heterocycles. The summed E-state index contributed by atoms with van der Waals surface area (Å²) in [6, 6.07) is 12.8. The van der Waals surface area contributed by atoms with Crippen molar-refractivity contribution in [3.05, 3.63) is 75.6 Å². The van der Waals surface area contributed by atoms with Gasteiger partial charge in [0.15, 0.2) is 10.9 Å². The van der Waals surface area contributed by atoms with Crippen molar-refractivity contribution < 1.29 is 4.39 Å². The summed E-state index contributed by atoms with van der Waals surface area (Å²) < 4.78 is 16.2. The molecule has 0 fully saturated rings. The summed E-state index contributed by atoms with van der Waals surface area (Å²) in [5.41, 5.74) is 3.82. The van der Waals surface area contributed by atoms with Crippen molar-refractivity contribution in [1.29, 1.82) is 0 Å². The lowest BCUT2D eigenvalue weighted by Gasteiger charge is -2.12. The molecule has 4 nitrogen and oxygen atoms in total. The van der Waals surface area contributed by atoms with E-state index in [0.717, 1.165) is 15.7 Å². The lowest BCUT2D eigenvalue weighted by molar-refractivity contribution is 0.586. The maximum absolute atomic E-state index is 13.8. The van der Waals surface area contributed by atoms with E-state index in [1.165, 1.54) is 11.6 Å². The van der Waals surface area contributed by atoms with E-state index >= 15 is 0 Å². The molecule has 0 amide bonds. The average molecular weight is 433 g/mol. The SMILES string of the molecule is Cc1ccc(NC(=S)Nc2nn(Cc3ccccc3F)cc2Br)c(C)c1. The third-order valence-corrected chi connectivity index (χ3v) is 4.65. The van der Waals surface area contributed by atoms with Gasteiger partial charge in [-0.1, -0.05) is 35.9 Å². The van der Waals surface area contributed by atoms with Crippen LogP contribution in [0.4, 0.5) is 15.9 Å². The van der Waals surface area contributed by atoms with Gasteiger partial charge in [0.2, 0.25) is 0 Å². The van der Waals surface area contributed by atoms with Crippen LogP contribution in [-0.2, 0) is 6.54 Å². The van der Waals surface area contributed by atoms with E-state index in [9.17, 15) is 4.39 Å². The molecule has 7 heteroatoms. The highest BCUT2D eigenvalue weighted by Gasteiger charge is 2.11. The molecule has 0 saturated carbocycles. The number of hydrogen-bond acceptors (Lipinski definition) is 2. The minimum atomic E-state index is -0.249. The van der Waals surface area contributed by atoms with E-state index in [4.69, 9.17) is 12.2 Å². The summed E-state index contributed by atoms with van der Waals surface area (Å²) in [6.45, 7) is 4.41. The van der Waals surface area contributed by atoms with Gasteiger partial charge in [-0.3, -0.25) is 4.68 Å². The summed E-state index contributed by atoms with van der Waals surface area (Å²) >= 11 is 8.84. The van der Waals surface area contributed by atoms with Gasteiger partial charge in [-0.15, -0.1) is 0 Å². The molecule has 0 aliphatic rings. The molecule has 3 aromatic rings. The molecule has 134 valence electrons. The second kappa shape index (κ2) is 7.97. The highest BCUT2D eigenvalue weighted by atomic mass is 79.9. The van der Waals surface area contributed by atoms with E-state index in [1.807, 2.05) is 26.0 Å². The second-order valence-corrected chi connectivity index (χ2v) is 7.27. The monoisotopic (exact) mass is 432 g/mol. The smallest absolute Gasteiger partial charge is 0.176 e. The van der Waals surface area contributed by atoms with Crippen LogP contribution < -0.4 is 10.6 Å². The van der Waals surface area contributed by atoms with Crippen molar-refractivity contribution in [2.24, 2.45) is 0 Å². The topological polar surface area (TPSA) is 41.9 Å². The summed E-state index contributed by atoms with van der Waals surface area (Å²) in [5, 5.41) is 11.1. The Hall–Kier alpha value is -2.25. The number of benzene rings is 2. The van der Waals surface area contributed by atoms with Crippen LogP contribution >= 0.6 is 28.1 Å². The van der Waals surface area contributed by atoms with Gasteiger partial charge >= 0.3 is 0 Å². The normalized spacial score (nSPS) is 10.6. The average Bonchev–Trinajstić information content (AvgIpc) is 2.92. The Morgan fingerprint density at radius 1 is 1.19 bits per heavy atom. The van der Waals surface area contributed by atoms with Gasteiger partial charge in [0.1, 0.15) is 5.82 Å². The molecular formula is C19H18BrFN4S. The lowest BCUT2D eigenvalue weighted by atomic mass is 10.1. The highest BCUT2D eigenvalue weighted by Crippen LogP contribution is 2.22. The largest absolute Gasteiger partial charge is 0.332 e. The number of halogens is 2. The van der Waals surface area contributed by atoms with Crippen LogP contribution in [0.15, 0.2) is 53.1 Å². The van der Waals surface area contributed by atoms with Crippen molar-refractivity contribution in [3.63, 3.8) is 0 Å². The fourth-order valence-electron chi connectivity index (χ4n) is 2.58. The Bertz CT molecular complexity index is 954. The number of rotatable bonds is 4. The number of hydrogen-bond donors (Lipinski definition) is 2. The maximum Gasteiger partial charge on any atom is 0.176 e. The highest BCUT2D eigenvalue weighted by molar-refractivity contribution is 9.10. The molecular weight excluding hydrogens is 415 g/mol. The number of anilines is 2. The quantitative estimate of drug-likeness (QED) is 0.551. The molecule has 0 radical (unpaired) electrons. The van der Waals surface area contributed by atoms with Gasteiger partial charge in [0.05, 0.1) is 11.0 Å². The molecule has 3 rings (SSSR count). The molecule has 2 N–H and O–H groups in total. The number of aryl methyl sites for hydroxylation is 2. The van der Waals surface area contributed by atoms with Crippen molar-refractivity contribution in [2.75, 3.05) is 10.6 Å². The fourth-order valence-corrected chi connectivity index (χ4v) is 3.20. The Morgan fingerprint density at radius 3 is 2.69 bits per heavy atom. The lowest BCUT2D eigenvalue weighted by Crippen LogP contribution is -2.20. The van der Waals surface area contributed by atoms with Gasteiger partial charge in [-0.25, -0.2) is 4.39 Å². The van der Waals surface area contributed by atoms with Crippen LogP contribution in [0.1, 0.15) is 16.7 Å². The standard InChI is InChI=1S/C19H18BrFN4S/c1-12-7-8-17(13(2)9-12)22-19(26)23-18-15(20)11-25(24-18)10-14-5-3-4-6-16(14)21/h3-9,11H,10H2,1-2H3,(H2,22,23,24,26). The molecule has 0 aliphatic carbocycles. The van der Waals surface area contributed by atoms with Gasteiger partial charge in [0, 0.05) is 17.4 Å². The van der Waals surface area contributed by atoms with Crippen LogP contribution in [0.5, 0.6) is 0 Å².